The van der Waals surface area contributed by atoms with Gasteiger partial charge >= 0.3 is 0 Å². The second-order valence-electron chi connectivity index (χ2n) is 6.11. The van der Waals surface area contributed by atoms with Gasteiger partial charge in [-0.3, -0.25) is 4.40 Å². The first-order chi connectivity index (χ1) is 12.3. The third-order valence-electron chi connectivity index (χ3n) is 4.71. The van der Waals surface area contributed by atoms with E-state index in [0.29, 0.717) is 0 Å². The van der Waals surface area contributed by atoms with E-state index in [1.807, 2.05) is 24.3 Å². The lowest BCUT2D eigenvalue weighted by atomic mass is 10.1. The fourth-order valence-corrected chi connectivity index (χ4v) is 3.48. The molecule has 3 heteroatoms. The molecule has 0 spiro atoms. The van der Waals surface area contributed by atoms with Crippen molar-refractivity contribution in [2.24, 2.45) is 0 Å². The molecule has 0 atom stereocenters. The van der Waals surface area contributed by atoms with Crippen LogP contribution < -0.4 is 4.74 Å². The fourth-order valence-electron chi connectivity index (χ4n) is 3.48. The van der Waals surface area contributed by atoms with Gasteiger partial charge in [-0.2, -0.15) is 0 Å². The van der Waals surface area contributed by atoms with Crippen LogP contribution in [0.15, 0.2) is 79.0 Å². The van der Waals surface area contributed by atoms with Crippen molar-refractivity contribution in [2.75, 3.05) is 7.11 Å². The zero-order chi connectivity index (χ0) is 16.8. The molecule has 120 valence electrons. The third kappa shape index (κ3) is 2.09. The quantitative estimate of drug-likeness (QED) is 0.411. The average Bonchev–Trinajstić information content (AvgIpc) is 3.14. The number of hydrogen-bond donors (Lipinski definition) is 0. The second kappa shape index (κ2) is 5.35. The summed E-state index contributed by atoms with van der Waals surface area (Å²) < 4.78 is 7.45. The van der Waals surface area contributed by atoms with Crippen molar-refractivity contribution in [3.8, 4) is 17.0 Å². The monoisotopic (exact) mass is 324 g/mol. The molecule has 5 aromatic rings. The summed E-state index contributed by atoms with van der Waals surface area (Å²) in [5.74, 6) is 0.850. The van der Waals surface area contributed by atoms with Crippen LogP contribution >= 0.6 is 0 Å². The normalized spacial score (nSPS) is 11.4. The molecule has 0 saturated heterocycles. The van der Waals surface area contributed by atoms with Crippen molar-refractivity contribution in [1.82, 2.24) is 9.38 Å². The lowest BCUT2D eigenvalue weighted by molar-refractivity contribution is 0.415. The highest BCUT2D eigenvalue weighted by Gasteiger charge is 2.12. The molecule has 0 unspecified atom stereocenters. The van der Waals surface area contributed by atoms with Gasteiger partial charge in [-0.05, 0) is 35.7 Å². The van der Waals surface area contributed by atoms with Gasteiger partial charge in [0.2, 0.25) is 0 Å². The maximum Gasteiger partial charge on any atom is 0.145 e. The summed E-state index contributed by atoms with van der Waals surface area (Å²) in [6.45, 7) is 0. The van der Waals surface area contributed by atoms with Crippen molar-refractivity contribution in [1.29, 1.82) is 0 Å². The van der Waals surface area contributed by atoms with Crippen LogP contribution in [0, 0.1) is 0 Å². The zero-order valence-electron chi connectivity index (χ0n) is 13.8. The molecule has 0 aliphatic carbocycles. The zero-order valence-corrected chi connectivity index (χ0v) is 13.8. The first kappa shape index (κ1) is 14.1. The van der Waals surface area contributed by atoms with Crippen LogP contribution in [0.5, 0.6) is 5.75 Å². The SMILES string of the molecule is COc1ccc(-c2cn3c4ccccc4c4ccccc4c3n2)cc1. The molecule has 3 aromatic carbocycles. The van der Waals surface area contributed by atoms with Gasteiger partial charge in [0.25, 0.3) is 0 Å². The van der Waals surface area contributed by atoms with Crippen molar-refractivity contribution >= 4 is 27.3 Å². The summed E-state index contributed by atoms with van der Waals surface area (Å²) in [5.41, 5.74) is 4.20. The van der Waals surface area contributed by atoms with E-state index in [1.165, 1.54) is 21.7 Å². The second-order valence-corrected chi connectivity index (χ2v) is 6.11. The number of hydrogen-bond acceptors (Lipinski definition) is 2. The predicted molar refractivity (Wildman–Crippen MR) is 102 cm³/mol. The third-order valence-corrected chi connectivity index (χ3v) is 4.71. The number of methoxy groups -OCH3 is 1. The largest absolute Gasteiger partial charge is 0.497 e. The molecule has 0 bridgehead atoms. The number of aromatic nitrogens is 2. The summed E-state index contributed by atoms with van der Waals surface area (Å²) >= 11 is 0. The molecule has 3 nitrogen and oxygen atoms in total. The lowest BCUT2D eigenvalue weighted by Crippen LogP contribution is -1.89. The van der Waals surface area contributed by atoms with E-state index >= 15 is 0 Å². The van der Waals surface area contributed by atoms with Gasteiger partial charge < -0.3 is 4.74 Å². The van der Waals surface area contributed by atoms with E-state index < -0.39 is 0 Å². The molecule has 2 aromatic heterocycles. The van der Waals surface area contributed by atoms with Gasteiger partial charge in [-0.1, -0.05) is 42.5 Å². The fraction of sp³-hybridized carbons (Fsp3) is 0.0455. The highest BCUT2D eigenvalue weighted by molar-refractivity contribution is 6.11. The van der Waals surface area contributed by atoms with Crippen molar-refractivity contribution < 1.29 is 4.74 Å². The van der Waals surface area contributed by atoms with Crippen LogP contribution in [0.4, 0.5) is 0 Å². The first-order valence-corrected chi connectivity index (χ1v) is 8.28. The molecule has 0 radical (unpaired) electrons. The number of ether oxygens (including phenoxy) is 1. The standard InChI is InChI=1S/C22H16N2O/c1-25-16-12-10-15(11-13-16)20-14-24-21-9-5-4-7-18(21)17-6-2-3-8-19(17)22(24)23-20/h2-14H,1H3. The molecule has 0 aliphatic heterocycles. The topological polar surface area (TPSA) is 26.5 Å². The number of rotatable bonds is 2. The van der Waals surface area contributed by atoms with Crippen LogP contribution in [0.1, 0.15) is 0 Å². The lowest BCUT2D eigenvalue weighted by Gasteiger charge is -2.07. The highest BCUT2D eigenvalue weighted by atomic mass is 16.5. The summed E-state index contributed by atoms with van der Waals surface area (Å²) in [6.07, 6.45) is 2.12. The van der Waals surface area contributed by atoms with Crippen LogP contribution in [0.25, 0.3) is 38.6 Å². The Morgan fingerprint density at radius 1 is 0.760 bits per heavy atom. The van der Waals surface area contributed by atoms with Gasteiger partial charge in [0.05, 0.1) is 18.3 Å². The van der Waals surface area contributed by atoms with Crippen molar-refractivity contribution in [3.63, 3.8) is 0 Å². The van der Waals surface area contributed by atoms with Gasteiger partial charge in [0.15, 0.2) is 0 Å². The summed E-state index contributed by atoms with van der Waals surface area (Å²) in [4.78, 5) is 4.94. The Hall–Kier alpha value is -3.33. The van der Waals surface area contributed by atoms with Gasteiger partial charge in [0, 0.05) is 22.5 Å². The van der Waals surface area contributed by atoms with Crippen LogP contribution in [-0.2, 0) is 0 Å². The van der Waals surface area contributed by atoms with Gasteiger partial charge in [-0.25, -0.2) is 4.98 Å². The summed E-state index contributed by atoms with van der Waals surface area (Å²) in [6, 6.07) is 25.0. The van der Waals surface area contributed by atoms with Crippen LogP contribution in [0.2, 0.25) is 0 Å². The number of imidazole rings is 1. The molecule has 25 heavy (non-hydrogen) atoms. The maximum atomic E-state index is 5.25. The number of para-hydroxylation sites is 1. The van der Waals surface area contributed by atoms with Crippen LogP contribution in [0.3, 0.4) is 0 Å². The van der Waals surface area contributed by atoms with E-state index in [0.717, 1.165) is 22.7 Å². The van der Waals surface area contributed by atoms with Crippen LogP contribution in [-0.4, -0.2) is 16.5 Å². The molecule has 0 aliphatic rings. The Kier molecular flexibility index (Phi) is 3.01. The molecule has 0 saturated carbocycles. The van der Waals surface area contributed by atoms with E-state index in [9.17, 15) is 0 Å². The van der Waals surface area contributed by atoms with Crippen molar-refractivity contribution in [3.05, 3.63) is 79.0 Å². The minimum atomic E-state index is 0.850. The summed E-state index contributed by atoms with van der Waals surface area (Å²) in [7, 11) is 1.68. The molecule has 5 rings (SSSR count). The Labute approximate surface area is 145 Å². The molecular weight excluding hydrogens is 308 g/mol. The van der Waals surface area contributed by atoms with E-state index in [1.54, 1.807) is 7.11 Å². The summed E-state index contributed by atoms with van der Waals surface area (Å²) in [5, 5.41) is 3.64. The molecule has 0 N–H and O–H groups in total. The minimum Gasteiger partial charge on any atom is -0.497 e. The van der Waals surface area contributed by atoms with E-state index in [-0.39, 0.29) is 0 Å². The average molecular weight is 324 g/mol. The number of benzene rings is 3. The number of fused-ring (bicyclic) bond motifs is 6. The maximum absolute atomic E-state index is 5.25. The van der Waals surface area contributed by atoms with Gasteiger partial charge in [-0.15, -0.1) is 0 Å². The highest BCUT2D eigenvalue weighted by Crippen LogP contribution is 2.31. The Morgan fingerprint density at radius 2 is 1.44 bits per heavy atom. The Morgan fingerprint density at radius 3 is 2.20 bits per heavy atom. The smallest absolute Gasteiger partial charge is 0.145 e. The molecule has 0 fully saturated rings. The minimum absolute atomic E-state index is 0.850. The number of nitrogens with zero attached hydrogens (tertiary/aromatic N) is 2. The Bertz CT molecular complexity index is 1150. The molecule has 0 amide bonds. The number of pyridine rings is 1. The van der Waals surface area contributed by atoms with Gasteiger partial charge in [0.1, 0.15) is 11.4 Å². The molecule has 2 heterocycles. The Balaban J connectivity index is 1.86. The first-order valence-electron chi connectivity index (χ1n) is 8.28. The van der Waals surface area contributed by atoms with E-state index in [4.69, 9.17) is 9.72 Å². The van der Waals surface area contributed by atoms with Crippen molar-refractivity contribution in [2.45, 2.75) is 0 Å². The predicted octanol–water partition coefficient (Wildman–Crippen LogP) is 5.32. The molecular formula is C22H16N2O. The van der Waals surface area contributed by atoms with E-state index in [2.05, 4.69) is 59.1 Å².